The number of nitrogens with zero attached hydrogens (tertiary/aromatic N) is 2. The zero-order chi connectivity index (χ0) is 18.9. The van der Waals surface area contributed by atoms with Gasteiger partial charge >= 0.3 is 0 Å². The molecule has 26 heavy (non-hydrogen) atoms. The van der Waals surface area contributed by atoms with Crippen LogP contribution in [-0.4, -0.2) is 18.0 Å². The van der Waals surface area contributed by atoms with E-state index in [1.54, 1.807) is 31.4 Å². The van der Waals surface area contributed by atoms with E-state index in [9.17, 15) is 17.6 Å². The first-order valence-electron chi connectivity index (χ1n) is 7.39. The van der Waals surface area contributed by atoms with Gasteiger partial charge in [0.1, 0.15) is 10.7 Å². The van der Waals surface area contributed by atoms with Crippen LogP contribution in [0.5, 0.6) is 0 Å². The molecule has 0 spiro atoms. The van der Waals surface area contributed by atoms with Crippen molar-refractivity contribution < 1.29 is 12.8 Å². The van der Waals surface area contributed by atoms with Gasteiger partial charge in [-0.05, 0) is 36.4 Å². The molecule has 0 aliphatic heterocycles. The topological polar surface area (TPSA) is 108 Å². The molecule has 3 aromatic rings. The summed E-state index contributed by atoms with van der Waals surface area (Å²) in [5, 5.41) is 8.73. The first-order chi connectivity index (χ1) is 12.3. The van der Waals surface area contributed by atoms with Crippen molar-refractivity contribution in [2.75, 3.05) is 4.72 Å². The van der Waals surface area contributed by atoms with Crippen LogP contribution in [0.1, 0.15) is 5.56 Å². The Morgan fingerprint density at radius 1 is 1.27 bits per heavy atom. The van der Waals surface area contributed by atoms with Crippen LogP contribution in [0.2, 0.25) is 0 Å². The molecule has 7 nitrogen and oxygen atoms in total. The highest BCUT2D eigenvalue weighted by molar-refractivity contribution is 7.92. The van der Waals surface area contributed by atoms with E-state index in [0.717, 1.165) is 6.07 Å². The minimum atomic E-state index is -4.08. The molecule has 0 unspecified atom stereocenters. The normalized spacial score (nSPS) is 11.1. The molecule has 0 radical (unpaired) electrons. The zero-order valence-electron chi connectivity index (χ0n) is 13.5. The lowest BCUT2D eigenvalue weighted by Crippen LogP contribution is -2.17. The second kappa shape index (κ2) is 6.50. The second-order valence-electron chi connectivity index (χ2n) is 5.50. The van der Waals surface area contributed by atoms with Gasteiger partial charge in [-0.25, -0.2) is 12.8 Å². The van der Waals surface area contributed by atoms with Gasteiger partial charge in [0, 0.05) is 19.4 Å². The number of hydrogen-bond donors (Lipinski definition) is 2. The highest BCUT2D eigenvalue weighted by Gasteiger charge is 2.19. The number of pyridine rings is 1. The van der Waals surface area contributed by atoms with Crippen molar-refractivity contribution in [2.24, 2.45) is 7.05 Å². The van der Waals surface area contributed by atoms with Crippen LogP contribution in [0.4, 0.5) is 10.1 Å². The molecule has 0 aliphatic carbocycles. The van der Waals surface area contributed by atoms with Crippen molar-refractivity contribution in [3.8, 4) is 17.3 Å². The Hall–Kier alpha value is -3.38. The third-order valence-corrected chi connectivity index (χ3v) is 5.07. The van der Waals surface area contributed by atoms with Gasteiger partial charge < -0.3 is 9.55 Å². The summed E-state index contributed by atoms with van der Waals surface area (Å²) in [6.45, 7) is 0. The number of H-pyrrole nitrogens is 1. The van der Waals surface area contributed by atoms with Gasteiger partial charge in [-0.3, -0.25) is 9.52 Å². The highest BCUT2D eigenvalue weighted by atomic mass is 32.2. The Balaban J connectivity index is 1.94. The molecule has 0 fully saturated rings. The monoisotopic (exact) mass is 372 g/mol. The molecule has 132 valence electrons. The first-order valence-corrected chi connectivity index (χ1v) is 8.87. The number of hydrogen-bond acceptors (Lipinski definition) is 4. The summed E-state index contributed by atoms with van der Waals surface area (Å²) in [6.07, 6.45) is 2.80. The van der Waals surface area contributed by atoms with Crippen molar-refractivity contribution >= 4 is 15.7 Å². The maximum atomic E-state index is 13.9. The smallest absolute Gasteiger partial charge is 0.263 e. The number of rotatable bonds is 4. The summed E-state index contributed by atoms with van der Waals surface area (Å²) in [6, 6.07) is 9.70. The average molecular weight is 372 g/mol. The van der Waals surface area contributed by atoms with Crippen LogP contribution in [-0.2, 0) is 17.1 Å². The Kier molecular flexibility index (Phi) is 4.36. The molecule has 0 amide bonds. The van der Waals surface area contributed by atoms with E-state index in [-0.39, 0.29) is 21.7 Å². The predicted molar refractivity (Wildman–Crippen MR) is 93.4 cm³/mol. The molecule has 0 bridgehead atoms. The van der Waals surface area contributed by atoms with Crippen LogP contribution < -0.4 is 10.3 Å². The van der Waals surface area contributed by atoms with Crippen molar-refractivity contribution in [3.05, 3.63) is 70.5 Å². The lowest BCUT2D eigenvalue weighted by atomic mass is 10.2. The summed E-state index contributed by atoms with van der Waals surface area (Å²) in [7, 11) is -2.49. The number of aromatic nitrogens is 2. The van der Waals surface area contributed by atoms with E-state index in [1.165, 1.54) is 29.0 Å². The van der Waals surface area contributed by atoms with Gasteiger partial charge in [0.05, 0.1) is 28.6 Å². The number of aromatic amines is 1. The molecule has 0 atom stereocenters. The average Bonchev–Trinajstić information content (AvgIpc) is 3.10. The number of anilines is 1. The molecule has 2 N–H and O–H groups in total. The number of benzene rings is 1. The van der Waals surface area contributed by atoms with Crippen molar-refractivity contribution in [3.63, 3.8) is 0 Å². The van der Waals surface area contributed by atoms with Gasteiger partial charge in [0.15, 0.2) is 0 Å². The quantitative estimate of drug-likeness (QED) is 0.732. The lowest BCUT2D eigenvalue weighted by molar-refractivity contribution is 0.598. The van der Waals surface area contributed by atoms with E-state index >= 15 is 0 Å². The Morgan fingerprint density at radius 2 is 2.04 bits per heavy atom. The summed E-state index contributed by atoms with van der Waals surface area (Å²) in [5.74, 6) is -0.861. The first kappa shape index (κ1) is 17.4. The molecule has 1 aromatic carbocycles. The predicted octanol–water partition coefficient (Wildman–Crippen LogP) is 2.19. The Bertz CT molecular complexity index is 1190. The van der Waals surface area contributed by atoms with E-state index in [1.807, 2.05) is 0 Å². The van der Waals surface area contributed by atoms with Gasteiger partial charge in [-0.15, -0.1) is 0 Å². The maximum Gasteiger partial charge on any atom is 0.263 e. The summed E-state index contributed by atoms with van der Waals surface area (Å²) in [4.78, 5) is 14.7. The van der Waals surface area contributed by atoms with Crippen LogP contribution in [0.3, 0.4) is 0 Å². The van der Waals surface area contributed by atoms with Gasteiger partial charge in [-0.1, -0.05) is 0 Å². The molecule has 3 rings (SSSR count). The standard InChI is InChI=1S/C17H13FN4O3S/c1-22-6-2-3-13(17(22)23)16-8-12(10-20-16)26(24,25)21-15-5-4-11(9-19)7-14(15)18/h2-8,10,20-21H,1H3. The number of halogens is 1. The fourth-order valence-corrected chi connectivity index (χ4v) is 3.42. The van der Waals surface area contributed by atoms with Gasteiger partial charge in [0.2, 0.25) is 0 Å². The van der Waals surface area contributed by atoms with Crippen molar-refractivity contribution in [1.82, 2.24) is 9.55 Å². The van der Waals surface area contributed by atoms with E-state index < -0.39 is 15.8 Å². The SMILES string of the molecule is Cn1cccc(-c2cc(S(=O)(=O)Nc3ccc(C#N)cc3F)c[nH]2)c1=O. The number of nitrogens with one attached hydrogen (secondary N) is 2. The summed E-state index contributed by atoms with van der Waals surface area (Å²) in [5.41, 5.74) is 0.147. The van der Waals surface area contributed by atoms with Crippen LogP contribution in [0, 0.1) is 17.1 Å². The minimum absolute atomic E-state index is 0.0781. The fourth-order valence-electron chi connectivity index (χ4n) is 2.36. The molecule has 2 aromatic heterocycles. The largest absolute Gasteiger partial charge is 0.360 e. The van der Waals surface area contributed by atoms with Crippen LogP contribution >= 0.6 is 0 Å². The fraction of sp³-hybridized carbons (Fsp3) is 0.0588. The summed E-state index contributed by atoms with van der Waals surface area (Å²) >= 11 is 0. The molecule has 2 heterocycles. The van der Waals surface area contributed by atoms with Gasteiger partial charge in [0.25, 0.3) is 15.6 Å². The van der Waals surface area contributed by atoms with E-state index in [0.29, 0.717) is 11.3 Å². The number of sulfonamides is 1. The summed E-state index contributed by atoms with van der Waals surface area (Å²) < 4.78 is 42.3. The second-order valence-corrected chi connectivity index (χ2v) is 7.18. The van der Waals surface area contributed by atoms with Crippen molar-refractivity contribution in [2.45, 2.75) is 4.90 Å². The third-order valence-electron chi connectivity index (χ3n) is 3.72. The Morgan fingerprint density at radius 3 is 2.73 bits per heavy atom. The Labute approximate surface area is 148 Å². The lowest BCUT2D eigenvalue weighted by Gasteiger charge is -2.07. The maximum absolute atomic E-state index is 13.9. The van der Waals surface area contributed by atoms with E-state index in [4.69, 9.17) is 5.26 Å². The number of nitriles is 1. The molecule has 9 heteroatoms. The minimum Gasteiger partial charge on any atom is -0.360 e. The molecule has 0 aliphatic rings. The third kappa shape index (κ3) is 3.22. The zero-order valence-corrected chi connectivity index (χ0v) is 14.3. The van der Waals surface area contributed by atoms with Gasteiger partial charge in [-0.2, -0.15) is 5.26 Å². The molecule has 0 saturated carbocycles. The van der Waals surface area contributed by atoms with E-state index in [2.05, 4.69) is 9.71 Å². The van der Waals surface area contributed by atoms with Crippen LogP contribution in [0.15, 0.2) is 58.5 Å². The number of aryl methyl sites for hydroxylation is 1. The highest BCUT2D eigenvalue weighted by Crippen LogP contribution is 2.23. The molecular weight excluding hydrogens is 359 g/mol. The van der Waals surface area contributed by atoms with Crippen molar-refractivity contribution in [1.29, 1.82) is 5.26 Å². The molecule has 0 saturated heterocycles. The van der Waals surface area contributed by atoms with Crippen LogP contribution in [0.25, 0.3) is 11.3 Å². The molecular formula is C17H13FN4O3S.